The summed E-state index contributed by atoms with van der Waals surface area (Å²) >= 11 is 0. The normalized spacial score (nSPS) is 14.6. The highest BCUT2D eigenvalue weighted by molar-refractivity contribution is 5.85. The first-order chi connectivity index (χ1) is 18.8. The molecule has 3 N–H and O–H groups in total. The van der Waals surface area contributed by atoms with Crippen molar-refractivity contribution in [2.24, 2.45) is 5.73 Å². The molecule has 2 aliphatic heterocycles. The van der Waals surface area contributed by atoms with E-state index in [4.69, 9.17) is 24.7 Å². The summed E-state index contributed by atoms with van der Waals surface area (Å²) in [6.07, 6.45) is -0.469. The Morgan fingerprint density at radius 3 is 2.65 bits per heavy atom. The zero-order valence-electron chi connectivity index (χ0n) is 22.0. The second kappa shape index (κ2) is 12.3. The molecular formula is C28H36N6O6. The van der Waals surface area contributed by atoms with Crippen molar-refractivity contribution in [3.05, 3.63) is 71.3 Å². The van der Waals surface area contributed by atoms with E-state index < -0.39 is 17.7 Å². The number of hydrogen-bond donors (Lipinski definition) is 2. The fourth-order valence-electron chi connectivity index (χ4n) is 4.32. The number of hydrogen-bond acceptors (Lipinski definition) is 9. The number of nitrogens with one attached hydrogen (secondary N) is 1. The van der Waals surface area contributed by atoms with Crippen molar-refractivity contribution in [1.29, 1.82) is 0 Å². The number of carbonyl (C=O) groups is 2. The molecule has 40 heavy (non-hydrogen) atoms. The van der Waals surface area contributed by atoms with Crippen molar-refractivity contribution in [3.63, 3.8) is 0 Å². The van der Waals surface area contributed by atoms with Crippen LogP contribution in [0.2, 0.25) is 0 Å². The van der Waals surface area contributed by atoms with Crippen LogP contribution in [-0.4, -0.2) is 57.1 Å². The first-order valence-corrected chi connectivity index (χ1v) is 12.7. The third kappa shape index (κ3) is 6.52. The van der Waals surface area contributed by atoms with Gasteiger partial charge in [-0.05, 0) is 25.5 Å². The van der Waals surface area contributed by atoms with E-state index in [1.807, 2.05) is 47.0 Å². The van der Waals surface area contributed by atoms with E-state index in [0.29, 0.717) is 42.8 Å². The van der Waals surface area contributed by atoms with Crippen molar-refractivity contribution in [2.45, 2.75) is 59.2 Å². The third-order valence-corrected chi connectivity index (χ3v) is 6.47. The van der Waals surface area contributed by atoms with Crippen LogP contribution in [0.4, 0.5) is 4.79 Å². The molecule has 214 valence electrons. The van der Waals surface area contributed by atoms with E-state index in [2.05, 4.69) is 15.5 Å². The number of carbonyl (C=O) groups excluding carboxylic acids is 2. The molecule has 3 aromatic rings. The zero-order chi connectivity index (χ0) is 27.4. The molecule has 1 aromatic heterocycles. The van der Waals surface area contributed by atoms with Gasteiger partial charge in [-0.1, -0.05) is 49.9 Å². The maximum atomic E-state index is 12.8. The van der Waals surface area contributed by atoms with Crippen LogP contribution in [0.5, 0.6) is 11.5 Å². The molecule has 0 bridgehead atoms. The number of ether oxygens (including phenoxy) is 4. The third-order valence-electron chi connectivity index (χ3n) is 6.47. The Bertz CT molecular complexity index is 1320. The molecule has 1 atom stereocenters. The number of fused-ring (bicyclic) bond motifs is 2. The number of amides is 2. The van der Waals surface area contributed by atoms with E-state index in [0.717, 1.165) is 11.1 Å². The van der Waals surface area contributed by atoms with Crippen LogP contribution >= 0.6 is 0 Å². The summed E-state index contributed by atoms with van der Waals surface area (Å²) in [7, 11) is 0. The van der Waals surface area contributed by atoms with Gasteiger partial charge in [0.05, 0.1) is 25.3 Å². The fraction of sp³-hybridized carbons (Fsp3) is 0.429. The molecule has 2 aromatic carbocycles. The molecule has 0 unspecified atom stereocenters. The largest absolute Gasteiger partial charge is 0.454 e. The summed E-state index contributed by atoms with van der Waals surface area (Å²) in [5.74, 6) is 2.02. The topological polar surface area (TPSA) is 143 Å². The van der Waals surface area contributed by atoms with Gasteiger partial charge in [0, 0.05) is 18.7 Å². The Kier molecular flexibility index (Phi) is 8.90. The number of aromatic nitrogens is 3. The SMILES string of the molecule is C.CC(C)(N)C(=O)N[C@H](COCc1ccccc1)c1nnc2n1CCN(C(=O)OCc1cccc3c1OCO3)C2. The molecule has 0 radical (unpaired) electrons. The van der Waals surface area contributed by atoms with Crippen LogP contribution in [0, 0.1) is 0 Å². The van der Waals surface area contributed by atoms with E-state index >= 15 is 0 Å². The minimum atomic E-state index is -1.08. The summed E-state index contributed by atoms with van der Waals surface area (Å²) in [6.45, 7) is 5.06. The maximum Gasteiger partial charge on any atom is 0.410 e. The van der Waals surface area contributed by atoms with Gasteiger partial charge < -0.3 is 34.6 Å². The van der Waals surface area contributed by atoms with Gasteiger partial charge in [0.15, 0.2) is 23.1 Å². The van der Waals surface area contributed by atoms with E-state index in [1.54, 1.807) is 24.8 Å². The van der Waals surface area contributed by atoms with Gasteiger partial charge in [-0.15, -0.1) is 10.2 Å². The predicted octanol–water partition coefficient (Wildman–Crippen LogP) is 2.91. The van der Waals surface area contributed by atoms with Crippen molar-refractivity contribution < 1.29 is 28.5 Å². The molecule has 12 nitrogen and oxygen atoms in total. The highest BCUT2D eigenvalue weighted by atomic mass is 16.7. The average Bonchev–Trinajstić information content (AvgIpc) is 3.58. The lowest BCUT2D eigenvalue weighted by atomic mass is 10.1. The van der Waals surface area contributed by atoms with Gasteiger partial charge in [-0.2, -0.15) is 0 Å². The number of nitrogens with two attached hydrogens (primary N) is 1. The first kappa shape index (κ1) is 28.8. The molecule has 0 saturated heterocycles. The maximum absolute atomic E-state index is 12.8. The van der Waals surface area contributed by atoms with Gasteiger partial charge in [-0.25, -0.2) is 4.79 Å². The quantitative estimate of drug-likeness (QED) is 0.410. The van der Waals surface area contributed by atoms with Crippen LogP contribution in [0.25, 0.3) is 0 Å². The molecule has 0 saturated carbocycles. The highest BCUT2D eigenvalue weighted by Crippen LogP contribution is 2.35. The number of rotatable bonds is 9. The molecule has 0 spiro atoms. The zero-order valence-corrected chi connectivity index (χ0v) is 22.0. The number of para-hydroxylation sites is 1. The lowest BCUT2D eigenvalue weighted by molar-refractivity contribution is -0.126. The van der Waals surface area contributed by atoms with Crippen molar-refractivity contribution in [1.82, 2.24) is 25.0 Å². The summed E-state index contributed by atoms with van der Waals surface area (Å²) in [5.41, 5.74) is 6.68. The summed E-state index contributed by atoms with van der Waals surface area (Å²) in [5, 5.41) is 11.6. The Labute approximate surface area is 233 Å². The molecule has 5 rings (SSSR count). The smallest absolute Gasteiger partial charge is 0.410 e. The summed E-state index contributed by atoms with van der Waals surface area (Å²) in [4.78, 5) is 27.1. The lowest BCUT2D eigenvalue weighted by Crippen LogP contribution is -2.51. The van der Waals surface area contributed by atoms with Crippen molar-refractivity contribution >= 4 is 12.0 Å². The van der Waals surface area contributed by atoms with Gasteiger partial charge in [0.1, 0.15) is 12.6 Å². The summed E-state index contributed by atoms with van der Waals surface area (Å²) < 4.78 is 24.3. The Balaban J connectivity index is 0.00000370. The highest BCUT2D eigenvalue weighted by Gasteiger charge is 2.32. The second-order valence-electron chi connectivity index (χ2n) is 10.0. The molecule has 2 amide bonds. The molecule has 3 heterocycles. The van der Waals surface area contributed by atoms with Gasteiger partial charge in [-0.3, -0.25) is 9.69 Å². The number of nitrogens with zero attached hydrogens (tertiary/aromatic N) is 4. The van der Waals surface area contributed by atoms with E-state index in [9.17, 15) is 9.59 Å². The average molecular weight is 553 g/mol. The fourth-order valence-corrected chi connectivity index (χ4v) is 4.32. The molecule has 2 aliphatic rings. The van der Waals surface area contributed by atoms with E-state index in [-0.39, 0.29) is 39.9 Å². The minimum absolute atomic E-state index is 0. The van der Waals surface area contributed by atoms with Gasteiger partial charge in [0.2, 0.25) is 12.7 Å². The van der Waals surface area contributed by atoms with E-state index in [1.165, 1.54) is 0 Å². The Morgan fingerprint density at radius 2 is 1.88 bits per heavy atom. The standard InChI is InChI=1S/C27H32N6O6.CH4/c1-27(2,28)25(34)29-20(16-36-14-18-7-4-3-5-8-18)24-31-30-22-13-32(11-12-33(22)24)26(35)37-15-19-9-6-10-21-23(19)39-17-38-21;/h3-10,20H,11-17,28H2,1-2H3,(H,29,34);1H4/t20-;/m1./s1. The summed E-state index contributed by atoms with van der Waals surface area (Å²) in [6, 6.07) is 14.6. The lowest BCUT2D eigenvalue weighted by Gasteiger charge is -2.29. The second-order valence-corrected chi connectivity index (χ2v) is 10.0. The Hall–Kier alpha value is -4.16. The first-order valence-electron chi connectivity index (χ1n) is 12.7. The van der Waals surface area contributed by atoms with Crippen LogP contribution in [0.3, 0.4) is 0 Å². The van der Waals surface area contributed by atoms with Crippen LogP contribution in [0.15, 0.2) is 48.5 Å². The minimum Gasteiger partial charge on any atom is -0.454 e. The van der Waals surface area contributed by atoms with Crippen LogP contribution in [0.1, 0.15) is 50.1 Å². The van der Waals surface area contributed by atoms with Crippen molar-refractivity contribution in [2.75, 3.05) is 19.9 Å². The molecular weight excluding hydrogens is 516 g/mol. The van der Waals surface area contributed by atoms with Crippen LogP contribution < -0.4 is 20.5 Å². The molecule has 0 fully saturated rings. The Morgan fingerprint density at radius 1 is 1.07 bits per heavy atom. The molecule has 12 heteroatoms. The predicted molar refractivity (Wildman–Crippen MR) is 145 cm³/mol. The monoisotopic (exact) mass is 552 g/mol. The van der Waals surface area contributed by atoms with Crippen LogP contribution in [-0.2, 0) is 40.6 Å². The number of benzene rings is 2. The van der Waals surface area contributed by atoms with Gasteiger partial charge >= 0.3 is 6.09 Å². The molecule has 0 aliphatic carbocycles. The van der Waals surface area contributed by atoms with Crippen molar-refractivity contribution in [3.8, 4) is 11.5 Å². The van der Waals surface area contributed by atoms with Gasteiger partial charge in [0.25, 0.3) is 0 Å².